The quantitative estimate of drug-likeness (QED) is 0.697. The van der Waals surface area contributed by atoms with Gasteiger partial charge in [0.15, 0.2) is 0 Å². The standard InChI is InChI=1S/C20H26O2S/c1-20-11-10-16-15-7-5-14(21-2)12-13(15)4-6-17(16)18(20)8-9-19(20)22-23-3/h5,7,9,12,16-18H,4,6,8,10-11H2,1-3H3/t16?,17?,18?,20-/m0/s1. The van der Waals surface area contributed by atoms with Crippen LogP contribution in [-0.4, -0.2) is 13.4 Å². The molecule has 1 saturated carbocycles. The number of ether oxygens (including phenoxy) is 1. The van der Waals surface area contributed by atoms with Crippen LogP contribution in [0.1, 0.15) is 49.7 Å². The van der Waals surface area contributed by atoms with Gasteiger partial charge in [0.05, 0.1) is 19.2 Å². The highest BCUT2D eigenvalue weighted by atomic mass is 32.2. The lowest BCUT2D eigenvalue weighted by molar-refractivity contribution is 0.0549. The molecule has 3 aliphatic rings. The Morgan fingerprint density at radius 2 is 2.13 bits per heavy atom. The Balaban J connectivity index is 1.63. The highest BCUT2D eigenvalue weighted by Crippen LogP contribution is 2.61. The van der Waals surface area contributed by atoms with Crippen molar-refractivity contribution in [3.8, 4) is 5.75 Å². The average molecular weight is 330 g/mol. The van der Waals surface area contributed by atoms with Gasteiger partial charge in [0.1, 0.15) is 11.5 Å². The average Bonchev–Trinajstić information content (AvgIpc) is 2.91. The molecule has 1 fully saturated rings. The van der Waals surface area contributed by atoms with Crippen LogP contribution in [0.15, 0.2) is 30.0 Å². The summed E-state index contributed by atoms with van der Waals surface area (Å²) < 4.78 is 11.3. The zero-order valence-corrected chi connectivity index (χ0v) is 15.1. The van der Waals surface area contributed by atoms with E-state index in [4.69, 9.17) is 8.92 Å². The second kappa shape index (κ2) is 5.77. The molecular weight excluding hydrogens is 304 g/mol. The molecule has 23 heavy (non-hydrogen) atoms. The molecular formula is C20H26O2S. The van der Waals surface area contributed by atoms with E-state index in [1.165, 1.54) is 55.5 Å². The molecule has 0 N–H and O–H groups in total. The second-order valence-corrected chi connectivity index (χ2v) is 7.99. The molecule has 0 saturated heterocycles. The van der Waals surface area contributed by atoms with Crippen LogP contribution in [0.5, 0.6) is 5.75 Å². The van der Waals surface area contributed by atoms with Crippen molar-refractivity contribution in [3.05, 3.63) is 41.2 Å². The van der Waals surface area contributed by atoms with E-state index in [1.54, 1.807) is 12.7 Å². The maximum Gasteiger partial charge on any atom is 0.119 e. The van der Waals surface area contributed by atoms with E-state index in [1.807, 2.05) is 6.26 Å². The Bertz CT molecular complexity index is 639. The molecule has 4 rings (SSSR count). The monoisotopic (exact) mass is 330 g/mol. The van der Waals surface area contributed by atoms with Crippen LogP contribution in [0.3, 0.4) is 0 Å². The first-order valence-electron chi connectivity index (χ1n) is 8.75. The molecule has 0 amide bonds. The predicted octanol–water partition coefficient (Wildman–Crippen LogP) is 5.34. The molecule has 2 nitrogen and oxygen atoms in total. The first-order chi connectivity index (χ1) is 11.2. The summed E-state index contributed by atoms with van der Waals surface area (Å²) in [5.41, 5.74) is 3.36. The van der Waals surface area contributed by atoms with Gasteiger partial charge in [-0.25, -0.2) is 0 Å². The van der Waals surface area contributed by atoms with Crippen LogP contribution in [0, 0.1) is 17.3 Å². The fourth-order valence-electron chi connectivity index (χ4n) is 5.43. The summed E-state index contributed by atoms with van der Waals surface area (Å²) in [6.45, 7) is 2.44. The summed E-state index contributed by atoms with van der Waals surface area (Å²) >= 11 is 1.49. The molecule has 0 aliphatic heterocycles. The number of allylic oxidation sites excluding steroid dienone is 2. The van der Waals surface area contributed by atoms with E-state index in [2.05, 4.69) is 31.2 Å². The Hall–Kier alpha value is -1.09. The molecule has 3 aliphatic carbocycles. The van der Waals surface area contributed by atoms with E-state index < -0.39 is 0 Å². The van der Waals surface area contributed by atoms with E-state index in [9.17, 15) is 0 Å². The number of methoxy groups -OCH3 is 1. The van der Waals surface area contributed by atoms with E-state index in [0.717, 1.165) is 23.5 Å². The van der Waals surface area contributed by atoms with Gasteiger partial charge < -0.3 is 8.92 Å². The Labute approximate surface area is 143 Å². The van der Waals surface area contributed by atoms with Crippen LogP contribution >= 0.6 is 12.0 Å². The molecule has 3 heteroatoms. The second-order valence-electron chi connectivity index (χ2n) is 7.49. The van der Waals surface area contributed by atoms with Gasteiger partial charge >= 0.3 is 0 Å². The molecule has 3 unspecified atom stereocenters. The van der Waals surface area contributed by atoms with Gasteiger partial charge in [-0.1, -0.05) is 13.0 Å². The lowest BCUT2D eigenvalue weighted by atomic mass is 9.55. The van der Waals surface area contributed by atoms with Crippen molar-refractivity contribution in [2.24, 2.45) is 17.3 Å². The predicted molar refractivity (Wildman–Crippen MR) is 95.7 cm³/mol. The first kappa shape index (κ1) is 15.4. The van der Waals surface area contributed by atoms with Gasteiger partial charge in [-0.15, -0.1) is 0 Å². The summed E-state index contributed by atoms with van der Waals surface area (Å²) in [5.74, 6) is 4.52. The molecule has 1 aromatic carbocycles. The van der Waals surface area contributed by atoms with Crippen LogP contribution < -0.4 is 4.74 Å². The smallest absolute Gasteiger partial charge is 0.119 e. The highest BCUT2D eigenvalue weighted by Gasteiger charge is 2.52. The maximum absolute atomic E-state index is 5.92. The molecule has 0 radical (unpaired) electrons. The summed E-state index contributed by atoms with van der Waals surface area (Å²) in [6.07, 6.45) is 10.6. The van der Waals surface area contributed by atoms with Crippen molar-refractivity contribution in [2.45, 2.75) is 44.9 Å². The van der Waals surface area contributed by atoms with Crippen molar-refractivity contribution in [2.75, 3.05) is 13.4 Å². The number of hydrogen-bond acceptors (Lipinski definition) is 3. The van der Waals surface area contributed by atoms with Gasteiger partial charge in [-0.05, 0) is 79.2 Å². The third-order valence-electron chi connectivity index (χ3n) is 6.62. The zero-order valence-electron chi connectivity index (χ0n) is 14.3. The van der Waals surface area contributed by atoms with E-state index in [-0.39, 0.29) is 5.41 Å². The lowest BCUT2D eigenvalue weighted by Crippen LogP contribution is -2.41. The van der Waals surface area contributed by atoms with Crippen molar-refractivity contribution in [1.82, 2.24) is 0 Å². The minimum atomic E-state index is 0.258. The summed E-state index contributed by atoms with van der Waals surface area (Å²) in [6, 6.07) is 6.73. The van der Waals surface area contributed by atoms with E-state index in [0.29, 0.717) is 0 Å². The Kier molecular flexibility index (Phi) is 3.87. The normalized spacial score (nSPS) is 34.9. The molecule has 0 aromatic heterocycles. The third-order valence-corrected chi connectivity index (χ3v) is 6.96. The fraction of sp³-hybridized carbons (Fsp3) is 0.600. The minimum absolute atomic E-state index is 0.258. The van der Waals surface area contributed by atoms with E-state index >= 15 is 0 Å². The zero-order chi connectivity index (χ0) is 16.0. The molecule has 0 bridgehead atoms. The van der Waals surface area contributed by atoms with Gasteiger partial charge in [0, 0.05) is 11.7 Å². The van der Waals surface area contributed by atoms with Crippen LogP contribution in [0.4, 0.5) is 0 Å². The van der Waals surface area contributed by atoms with Crippen molar-refractivity contribution >= 4 is 12.0 Å². The maximum atomic E-state index is 5.92. The first-order valence-corrected chi connectivity index (χ1v) is 9.90. The number of hydrogen-bond donors (Lipinski definition) is 0. The lowest BCUT2D eigenvalue weighted by Gasteiger charge is -2.49. The van der Waals surface area contributed by atoms with Crippen molar-refractivity contribution in [3.63, 3.8) is 0 Å². The molecule has 0 heterocycles. The number of aryl methyl sites for hydroxylation is 1. The summed E-state index contributed by atoms with van der Waals surface area (Å²) in [4.78, 5) is 0. The van der Waals surface area contributed by atoms with Gasteiger partial charge in [0.25, 0.3) is 0 Å². The van der Waals surface area contributed by atoms with Gasteiger partial charge in [-0.3, -0.25) is 0 Å². The highest BCUT2D eigenvalue weighted by molar-refractivity contribution is 7.94. The number of rotatable bonds is 3. The Morgan fingerprint density at radius 3 is 2.91 bits per heavy atom. The number of fused-ring (bicyclic) bond motifs is 5. The topological polar surface area (TPSA) is 18.5 Å². The fourth-order valence-corrected chi connectivity index (χ4v) is 5.87. The van der Waals surface area contributed by atoms with Crippen LogP contribution in [0.25, 0.3) is 0 Å². The van der Waals surface area contributed by atoms with Crippen LogP contribution in [-0.2, 0) is 10.6 Å². The summed E-state index contributed by atoms with van der Waals surface area (Å²) in [7, 11) is 1.76. The molecule has 1 aromatic rings. The van der Waals surface area contributed by atoms with Crippen molar-refractivity contribution in [1.29, 1.82) is 0 Å². The minimum Gasteiger partial charge on any atom is -0.497 e. The van der Waals surface area contributed by atoms with Gasteiger partial charge in [0.2, 0.25) is 0 Å². The largest absolute Gasteiger partial charge is 0.497 e. The SMILES string of the molecule is COc1ccc2c(c1)CCC1C2CC[C@]2(C)C(OSC)=CCC12. The molecule has 124 valence electrons. The van der Waals surface area contributed by atoms with Crippen LogP contribution in [0.2, 0.25) is 0 Å². The molecule has 0 spiro atoms. The number of benzene rings is 1. The van der Waals surface area contributed by atoms with Crippen molar-refractivity contribution < 1.29 is 8.92 Å². The third kappa shape index (κ3) is 2.31. The molecule has 4 atom stereocenters. The summed E-state index contributed by atoms with van der Waals surface area (Å²) in [5, 5.41) is 0. The Morgan fingerprint density at radius 1 is 1.26 bits per heavy atom. The van der Waals surface area contributed by atoms with Gasteiger partial charge in [-0.2, -0.15) is 0 Å².